The van der Waals surface area contributed by atoms with Crippen molar-refractivity contribution < 1.29 is 23.9 Å². The molecule has 3 unspecified atom stereocenters. The number of carbonyl (C=O) groups excluding carboxylic acids is 4. The number of nitrogens with one attached hydrogen (secondary N) is 2. The van der Waals surface area contributed by atoms with Gasteiger partial charge in [-0.05, 0) is 55.9 Å². The zero-order chi connectivity index (χ0) is 24.8. The summed E-state index contributed by atoms with van der Waals surface area (Å²) < 4.78 is 5.71. The first-order valence-corrected chi connectivity index (χ1v) is 12.4. The normalized spacial score (nSPS) is 24.0. The third-order valence-electron chi connectivity index (χ3n) is 6.79. The van der Waals surface area contributed by atoms with E-state index in [1.807, 2.05) is 37.3 Å². The Bertz CT molecular complexity index is 1010. The molecule has 2 saturated heterocycles. The molecule has 2 aliphatic heterocycles. The Morgan fingerprint density at radius 2 is 1.91 bits per heavy atom. The van der Waals surface area contributed by atoms with Gasteiger partial charge in [0.2, 0.25) is 23.4 Å². The smallest absolute Gasteiger partial charge is 0.243 e. The van der Waals surface area contributed by atoms with Gasteiger partial charge in [-0.1, -0.05) is 36.4 Å². The van der Waals surface area contributed by atoms with Crippen LogP contribution in [0.4, 0.5) is 0 Å². The fourth-order valence-corrected chi connectivity index (χ4v) is 4.89. The van der Waals surface area contributed by atoms with Crippen LogP contribution in [0.1, 0.15) is 44.6 Å². The van der Waals surface area contributed by atoms with E-state index in [9.17, 15) is 19.2 Å². The van der Waals surface area contributed by atoms with Gasteiger partial charge in [0.1, 0.15) is 6.04 Å². The molecule has 0 saturated carbocycles. The van der Waals surface area contributed by atoms with Crippen molar-refractivity contribution in [1.29, 1.82) is 0 Å². The summed E-state index contributed by atoms with van der Waals surface area (Å²) in [4.78, 5) is 50.9. The second kappa shape index (κ2) is 11.6. The summed E-state index contributed by atoms with van der Waals surface area (Å²) >= 11 is 0. The van der Waals surface area contributed by atoms with Crippen LogP contribution in [0.3, 0.4) is 0 Å². The first-order valence-electron chi connectivity index (χ1n) is 12.4. The average Bonchev–Trinajstić information content (AvgIpc) is 3.49. The Hall–Kier alpha value is -3.10. The molecule has 1 aliphatic carbocycles. The Morgan fingerprint density at radius 1 is 1.11 bits per heavy atom. The molecule has 0 bridgehead atoms. The lowest BCUT2D eigenvalue weighted by atomic mass is 9.94. The maximum atomic E-state index is 13.1. The molecule has 35 heavy (non-hydrogen) atoms. The van der Waals surface area contributed by atoms with Crippen LogP contribution in [0, 0.1) is 0 Å². The molecule has 2 N–H and O–H groups in total. The van der Waals surface area contributed by atoms with E-state index in [2.05, 4.69) is 10.6 Å². The Labute approximate surface area is 205 Å². The molecule has 2 heterocycles. The Balaban J connectivity index is 1.39. The second-order valence-corrected chi connectivity index (χ2v) is 9.51. The van der Waals surface area contributed by atoms with E-state index in [0.717, 1.165) is 30.6 Å². The van der Waals surface area contributed by atoms with Crippen molar-refractivity contribution in [3.8, 4) is 0 Å². The zero-order valence-corrected chi connectivity index (χ0v) is 20.1. The van der Waals surface area contributed by atoms with Gasteiger partial charge in [0.25, 0.3) is 0 Å². The van der Waals surface area contributed by atoms with Crippen LogP contribution in [0.25, 0.3) is 0 Å². The van der Waals surface area contributed by atoms with Crippen molar-refractivity contribution in [3.63, 3.8) is 0 Å². The van der Waals surface area contributed by atoms with Crippen LogP contribution in [-0.4, -0.2) is 65.7 Å². The summed E-state index contributed by atoms with van der Waals surface area (Å²) in [6.07, 6.45) is 7.84. The average molecular weight is 480 g/mol. The second-order valence-electron chi connectivity index (χ2n) is 9.51. The van der Waals surface area contributed by atoms with Crippen molar-refractivity contribution in [1.82, 2.24) is 15.5 Å². The van der Waals surface area contributed by atoms with Gasteiger partial charge in [0.15, 0.2) is 0 Å². The molecule has 0 spiro atoms. The van der Waals surface area contributed by atoms with Gasteiger partial charge in [-0.2, -0.15) is 0 Å². The van der Waals surface area contributed by atoms with Crippen molar-refractivity contribution >= 4 is 23.4 Å². The summed E-state index contributed by atoms with van der Waals surface area (Å²) in [5, 5.41) is 6.53. The van der Waals surface area contributed by atoms with Gasteiger partial charge in [0, 0.05) is 38.2 Å². The van der Waals surface area contributed by atoms with E-state index < -0.39 is 17.6 Å². The molecular weight excluding hydrogens is 446 g/mol. The number of allylic oxidation sites excluding steroid dienone is 2. The molecule has 0 radical (unpaired) electrons. The topological polar surface area (TPSA) is 105 Å². The minimum Gasteiger partial charge on any atom is -0.377 e. The molecule has 0 aromatic heterocycles. The third kappa shape index (κ3) is 6.52. The highest BCUT2D eigenvalue weighted by Gasteiger charge is 2.36. The summed E-state index contributed by atoms with van der Waals surface area (Å²) in [5.41, 5.74) is 1.71. The monoisotopic (exact) mass is 479 g/mol. The lowest BCUT2D eigenvalue weighted by molar-refractivity contribution is -0.136. The van der Waals surface area contributed by atoms with Gasteiger partial charge in [-0.15, -0.1) is 0 Å². The SMILES string of the molecule is CC(CC(NC[C@@H]1CCCO1)C1=CC(=O)C(=O)C=C1)NC(=O)C1CCC(=O)N1Cc1ccccc1. The Morgan fingerprint density at radius 3 is 2.63 bits per heavy atom. The van der Waals surface area contributed by atoms with Crippen LogP contribution in [-0.2, 0) is 30.5 Å². The minimum absolute atomic E-state index is 0.0153. The first-order chi connectivity index (χ1) is 16.9. The van der Waals surface area contributed by atoms with Crippen LogP contribution in [0.2, 0.25) is 0 Å². The zero-order valence-electron chi connectivity index (χ0n) is 20.1. The van der Waals surface area contributed by atoms with Gasteiger partial charge < -0.3 is 20.3 Å². The van der Waals surface area contributed by atoms with Crippen molar-refractivity contribution in [2.45, 2.75) is 69.8 Å². The molecule has 1 aromatic rings. The highest BCUT2D eigenvalue weighted by atomic mass is 16.5. The van der Waals surface area contributed by atoms with Crippen LogP contribution in [0.5, 0.6) is 0 Å². The van der Waals surface area contributed by atoms with Gasteiger partial charge in [-0.3, -0.25) is 19.2 Å². The van der Waals surface area contributed by atoms with Crippen molar-refractivity contribution in [3.05, 3.63) is 59.7 Å². The predicted molar refractivity (Wildman–Crippen MR) is 130 cm³/mol. The number of likely N-dealkylation sites (tertiary alicyclic amines) is 1. The summed E-state index contributed by atoms with van der Waals surface area (Å²) in [7, 11) is 0. The van der Waals surface area contributed by atoms with Crippen LogP contribution >= 0.6 is 0 Å². The predicted octanol–water partition coefficient (Wildman–Crippen LogP) is 1.84. The van der Waals surface area contributed by atoms with E-state index in [-0.39, 0.29) is 30.0 Å². The van der Waals surface area contributed by atoms with Gasteiger partial charge in [0.05, 0.1) is 6.10 Å². The largest absolute Gasteiger partial charge is 0.377 e. The lowest BCUT2D eigenvalue weighted by Gasteiger charge is -2.29. The van der Waals surface area contributed by atoms with Gasteiger partial charge >= 0.3 is 0 Å². The number of rotatable bonds is 10. The number of amides is 2. The number of ketones is 2. The molecule has 186 valence electrons. The van der Waals surface area contributed by atoms with E-state index in [1.165, 1.54) is 12.2 Å². The molecule has 4 rings (SSSR count). The molecule has 8 nitrogen and oxygen atoms in total. The number of benzene rings is 1. The molecule has 4 atom stereocenters. The van der Waals surface area contributed by atoms with E-state index in [0.29, 0.717) is 32.4 Å². The van der Waals surface area contributed by atoms with Crippen molar-refractivity contribution in [2.24, 2.45) is 0 Å². The highest BCUT2D eigenvalue weighted by Crippen LogP contribution is 2.23. The summed E-state index contributed by atoms with van der Waals surface area (Å²) in [6, 6.07) is 8.71. The number of ether oxygens (including phenoxy) is 1. The summed E-state index contributed by atoms with van der Waals surface area (Å²) in [6.45, 7) is 3.70. The van der Waals surface area contributed by atoms with E-state index in [4.69, 9.17) is 4.74 Å². The quantitative estimate of drug-likeness (QED) is 0.392. The molecule has 1 aromatic carbocycles. The van der Waals surface area contributed by atoms with Crippen LogP contribution in [0.15, 0.2) is 54.1 Å². The molecule has 2 fully saturated rings. The number of hydrogen-bond donors (Lipinski definition) is 2. The number of carbonyl (C=O) groups is 4. The first kappa shape index (κ1) is 25.0. The maximum absolute atomic E-state index is 13.1. The van der Waals surface area contributed by atoms with E-state index >= 15 is 0 Å². The third-order valence-corrected chi connectivity index (χ3v) is 6.79. The number of hydrogen-bond acceptors (Lipinski definition) is 6. The van der Waals surface area contributed by atoms with Gasteiger partial charge in [-0.25, -0.2) is 0 Å². The fourth-order valence-electron chi connectivity index (χ4n) is 4.89. The molecule has 3 aliphatic rings. The van der Waals surface area contributed by atoms with Crippen LogP contribution < -0.4 is 10.6 Å². The molecular formula is C27H33N3O5. The molecule has 2 amide bonds. The summed E-state index contributed by atoms with van der Waals surface area (Å²) in [5.74, 6) is -1.25. The molecule has 8 heteroatoms. The lowest BCUT2D eigenvalue weighted by Crippen LogP contribution is -2.49. The standard InChI is InChI=1S/C27H33N3O5/c1-18(29-27(34)23-10-12-26(33)30(23)17-19-6-3-2-4-7-19)14-22(28-16-21-8-5-13-35-21)20-9-11-24(31)25(32)15-20/h2-4,6-7,9,11,15,18,21-23,28H,5,8,10,12-14,16-17H2,1H3,(H,29,34)/t18?,21-,22?,23?/m0/s1. The number of nitrogens with zero attached hydrogens (tertiary/aromatic N) is 1. The van der Waals surface area contributed by atoms with E-state index in [1.54, 1.807) is 11.0 Å². The van der Waals surface area contributed by atoms with Crippen molar-refractivity contribution in [2.75, 3.05) is 13.2 Å². The highest BCUT2D eigenvalue weighted by molar-refractivity contribution is 6.46. The maximum Gasteiger partial charge on any atom is 0.243 e. The fraction of sp³-hybridized carbons (Fsp3) is 0.481. The minimum atomic E-state index is -0.538. The Kier molecular flexibility index (Phi) is 8.25.